The van der Waals surface area contributed by atoms with Crippen LogP contribution in [0.4, 0.5) is 5.69 Å². The number of para-hydroxylation sites is 1. The van der Waals surface area contributed by atoms with Gasteiger partial charge in [0, 0.05) is 0 Å². The van der Waals surface area contributed by atoms with Crippen molar-refractivity contribution in [1.82, 2.24) is 0 Å². The number of ether oxygens (including phenoxy) is 1. The van der Waals surface area contributed by atoms with Crippen molar-refractivity contribution in [1.29, 1.82) is 0 Å². The Kier molecular flexibility index (Phi) is 5.07. The Morgan fingerprint density at radius 2 is 1.50 bits per heavy atom. The summed E-state index contributed by atoms with van der Waals surface area (Å²) in [5.74, 6) is 0.719. The molecule has 3 aromatic carbocycles. The van der Waals surface area contributed by atoms with E-state index < -0.39 is 21.1 Å². The van der Waals surface area contributed by atoms with Gasteiger partial charge in [-0.1, -0.05) is 48.5 Å². The van der Waals surface area contributed by atoms with E-state index >= 15 is 0 Å². The van der Waals surface area contributed by atoms with Gasteiger partial charge < -0.3 is 4.74 Å². The molecule has 28 heavy (non-hydrogen) atoms. The van der Waals surface area contributed by atoms with E-state index in [0.29, 0.717) is 4.90 Å². The highest BCUT2D eigenvalue weighted by Crippen LogP contribution is 2.40. The minimum atomic E-state index is -3.59. The maximum atomic E-state index is 13.4. The molecule has 144 valence electrons. The normalized spacial score (nSPS) is 19.5. The molecule has 5 nitrogen and oxygen atoms in total. The lowest BCUT2D eigenvalue weighted by atomic mass is 10.0. The highest BCUT2D eigenvalue weighted by molar-refractivity contribution is 7.92. The summed E-state index contributed by atoms with van der Waals surface area (Å²) in [4.78, 5) is 6.21. The van der Waals surface area contributed by atoms with Crippen LogP contribution in [0.25, 0.3) is 0 Å². The third-order valence-corrected chi connectivity index (χ3v) is 7.04. The Morgan fingerprint density at radius 3 is 2.11 bits per heavy atom. The third kappa shape index (κ3) is 3.37. The maximum Gasteiger partial charge on any atom is 0.186 e. The van der Waals surface area contributed by atoms with E-state index in [1.807, 2.05) is 54.6 Å². The smallest absolute Gasteiger partial charge is 0.186 e. The van der Waals surface area contributed by atoms with E-state index in [4.69, 9.17) is 9.57 Å². The summed E-state index contributed by atoms with van der Waals surface area (Å²) in [5.41, 5.74) is 1.67. The van der Waals surface area contributed by atoms with Crippen LogP contribution in [-0.2, 0) is 14.7 Å². The first-order valence-corrected chi connectivity index (χ1v) is 10.6. The van der Waals surface area contributed by atoms with Crippen molar-refractivity contribution in [2.75, 3.05) is 18.8 Å². The van der Waals surface area contributed by atoms with Crippen LogP contribution in [0.1, 0.15) is 11.6 Å². The van der Waals surface area contributed by atoms with Gasteiger partial charge in [-0.3, -0.25) is 4.84 Å². The SMILES string of the molecule is COc1ccc(C2C(S(=O)(=O)c3ccccc3)CON2c2ccccc2)cc1. The molecule has 4 rings (SSSR count). The summed E-state index contributed by atoms with van der Waals surface area (Å²) in [6.45, 7) is 0.0861. The van der Waals surface area contributed by atoms with Crippen LogP contribution < -0.4 is 9.80 Å². The predicted octanol–water partition coefficient (Wildman–Crippen LogP) is 4.03. The number of methoxy groups -OCH3 is 1. The van der Waals surface area contributed by atoms with E-state index in [2.05, 4.69) is 0 Å². The molecule has 6 heteroatoms. The van der Waals surface area contributed by atoms with Gasteiger partial charge in [0.1, 0.15) is 17.0 Å². The molecule has 0 bridgehead atoms. The van der Waals surface area contributed by atoms with Crippen molar-refractivity contribution in [2.45, 2.75) is 16.2 Å². The first-order chi connectivity index (χ1) is 13.6. The van der Waals surface area contributed by atoms with Crippen molar-refractivity contribution in [3.63, 3.8) is 0 Å². The largest absolute Gasteiger partial charge is 0.497 e. The van der Waals surface area contributed by atoms with Crippen molar-refractivity contribution >= 4 is 15.5 Å². The Bertz CT molecular complexity index is 1020. The molecule has 1 heterocycles. The monoisotopic (exact) mass is 395 g/mol. The molecule has 0 radical (unpaired) electrons. The molecular weight excluding hydrogens is 374 g/mol. The van der Waals surface area contributed by atoms with E-state index in [0.717, 1.165) is 17.0 Å². The second-order valence-electron chi connectivity index (χ2n) is 6.57. The number of hydroxylamine groups is 1. The lowest BCUT2D eigenvalue weighted by molar-refractivity contribution is 0.159. The predicted molar refractivity (Wildman–Crippen MR) is 108 cm³/mol. The lowest BCUT2D eigenvalue weighted by Crippen LogP contribution is -2.32. The highest BCUT2D eigenvalue weighted by Gasteiger charge is 2.45. The fourth-order valence-corrected chi connectivity index (χ4v) is 5.21. The average molecular weight is 395 g/mol. The average Bonchev–Trinajstić information content (AvgIpc) is 3.21. The molecule has 0 N–H and O–H groups in total. The third-order valence-electron chi connectivity index (χ3n) is 4.92. The number of sulfone groups is 1. The van der Waals surface area contributed by atoms with Crippen LogP contribution in [0.15, 0.2) is 89.8 Å². The van der Waals surface area contributed by atoms with Gasteiger partial charge in [0.15, 0.2) is 9.84 Å². The van der Waals surface area contributed by atoms with Gasteiger partial charge in [-0.05, 0) is 42.0 Å². The second-order valence-corrected chi connectivity index (χ2v) is 8.74. The van der Waals surface area contributed by atoms with Gasteiger partial charge in [-0.15, -0.1) is 0 Å². The van der Waals surface area contributed by atoms with Gasteiger partial charge in [-0.25, -0.2) is 13.5 Å². The second kappa shape index (κ2) is 7.66. The van der Waals surface area contributed by atoms with Gasteiger partial charge >= 0.3 is 0 Å². The van der Waals surface area contributed by atoms with Gasteiger partial charge in [0.2, 0.25) is 0 Å². The Balaban J connectivity index is 1.79. The zero-order valence-electron chi connectivity index (χ0n) is 15.4. The number of hydrogen-bond donors (Lipinski definition) is 0. The molecule has 1 fully saturated rings. The van der Waals surface area contributed by atoms with Gasteiger partial charge in [0.05, 0.1) is 24.3 Å². The molecular formula is C22H21NO4S. The number of hydrogen-bond acceptors (Lipinski definition) is 5. The minimum Gasteiger partial charge on any atom is -0.497 e. The number of rotatable bonds is 5. The van der Waals surface area contributed by atoms with Gasteiger partial charge in [0.25, 0.3) is 0 Å². The Labute approximate surface area is 165 Å². The van der Waals surface area contributed by atoms with Crippen molar-refractivity contribution in [3.05, 3.63) is 90.5 Å². The molecule has 1 aliphatic heterocycles. The van der Waals surface area contributed by atoms with Gasteiger partial charge in [-0.2, -0.15) is 0 Å². The van der Waals surface area contributed by atoms with Crippen LogP contribution in [0, 0.1) is 0 Å². The molecule has 2 unspecified atom stereocenters. The standard InChI is InChI=1S/C22H21NO4S/c1-26-19-14-12-17(13-15-19)22-21(28(24,25)20-10-6-3-7-11-20)16-27-23(22)18-8-4-2-5-9-18/h2-15,21-22H,16H2,1H3. The molecule has 0 spiro atoms. The maximum absolute atomic E-state index is 13.4. The summed E-state index contributed by atoms with van der Waals surface area (Å²) in [6.07, 6.45) is 0. The quantitative estimate of drug-likeness (QED) is 0.653. The molecule has 0 aromatic heterocycles. The van der Waals surface area contributed by atoms with Crippen LogP contribution >= 0.6 is 0 Å². The topological polar surface area (TPSA) is 55.8 Å². The molecule has 1 aliphatic rings. The summed E-state index contributed by atoms with van der Waals surface area (Å²) in [5, 5.41) is 0.968. The minimum absolute atomic E-state index is 0.0861. The summed E-state index contributed by atoms with van der Waals surface area (Å²) >= 11 is 0. The van der Waals surface area contributed by atoms with Crippen LogP contribution in [0.5, 0.6) is 5.75 Å². The van der Waals surface area contributed by atoms with E-state index in [-0.39, 0.29) is 6.61 Å². The zero-order chi connectivity index (χ0) is 19.6. The highest BCUT2D eigenvalue weighted by atomic mass is 32.2. The molecule has 3 aromatic rings. The van der Waals surface area contributed by atoms with Crippen molar-refractivity contribution in [3.8, 4) is 5.75 Å². The molecule has 0 amide bonds. The van der Waals surface area contributed by atoms with Crippen LogP contribution in [-0.4, -0.2) is 27.4 Å². The fourth-order valence-electron chi connectivity index (χ4n) is 3.48. The zero-order valence-corrected chi connectivity index (χ0v) is 16.2. The summed E-state index contributed by atoms with van der Waals surface area (Å²) < 4.78 is 32.0. The summed E-state index contributed by atoms with van der Waals surface area (Å²) in [6, 6.07) is 25.1. The van der Waals surface area contributed by atoms with Crippen molar-refractivity contribution in [2.24, 2.45) is 0 Å². The Hall–Kier alpha value is -2.83. The first kappa shape index (κ1) is 18.5. The number of benzene rings is 3. The van der Waals surface area contributed by atoms with E-state index in [9.17, 15) is 8.42 Å². The molecule has 2 atom stereocenters. The molecule has 1 saturated heterocycles. The van der Waals surface area contributed by atoms with Crippen LogP contribution in [0.3, 0.4) is 0 Å². The fraction of sp³-hybridized carbons (Fsp3) is 0.182. The summed E-state index contributed by atoms with van der Waals surface area (Å²) in [7, 11) is -1.99. The van der Waals surface area contributed by atoms with E-state index in [1.165, 1.54) is 0 Å². The van der Waals surface area contributed by atoms with Crippen LogP contribution in [0.2, 0.25) is 0 Å². The number of nitrogens with zero attached hydrogens (tertiary/aromatic N) is 1. The first-order valence-electron chi connectivity index (χ1n) is 9.01. The number of anilines is 1. The molecule has 0 aliphatic carbocycles. The van der Waals surface area contributed by atoms with Crippen molar-refractivity contribution < 1.29 is 18.0 Å². The van der Waals surface area contributed by atoms with E-state index in [1.54, 1.807) is 42.5 Å². The molecule has 0 saturated carbocycles. The lowest BCUT2D eigenvalue weighted by Gasteiger charge is -2.27. The Morgan fingerprint density at radius 1 is 0.893 bits per heavy atom.